The molecule has 2 heteroatoms. The zero-order valence-electron chi connectivity index (χ0n) is 11.2. The van der Waals surface area contributed by atoms with Crippen LogP contribution in [0.15, 0.2) is 54.6 Å². The van der Waals surface area contributed by atoms with E-state index in [1.54, 1.807) is 0 Å². The summed E-state index contributed by atoms with van der Waals surface area (Å²) in [4.78, 5) is 2.13. The van der Waals surface area contributed by atoms with Crippen LogP contribution in [0.1, 0.15) is 17.2 Å². The van der Waals surface area contributed by atoms with Crippen molar-refractivity contribution in [2.45, 2.75) is 6.04 Å². The van der Waals surface area contributed by atoms with E-state index < -0.39 is 0 Å². The third-order valence-corrected chi connectivity index (χ3v) is 3.14. The van der Waals surface area contributed by atoms with E-state index in [0.717, 1.165) is 0 Å². The van der Waals surface area contributed by atoms with Gasteiger partial charge in [-0.3, -0.25) is 0 Å². The third kappa shape index (κ3) is 2.71. The summed E-state index contributed by atoms with van der Waals surface area (Å²) < 4.78 is 0. The fraction of sp³-hybridized carbons (Fsp3) is 0.250. The number of nitrogens with one attached hydrogen (secondary N) is 1. The van der Waals surface area contributed by atoms with Crippen molar-refractivity contribution >= 4 is 5.69 Å². The van der Waals surface area contributed by atoms with Gasteiger partial charge in [-0.2, -0.15) is 0 Å². The molecule has 0 radical (unpaired) electrons. The summed E-state index contributed by atoms with van der Waals surface area (Å²) in [5.41, 5.74) is 3.80. The largest absolute Gasteiger partial charge is 0.378 e. The lowest BCUT2D eigenvalue weighted by atomic mass is 9.98. The SMILES string of the molecule is CNC(c1ccccc1)c1cccc(N(C)C)c1. The van der Waals surface area contributed by atoms with Crippen LogP contribution in [-0.4, -0.2) is 21.1 Å². The molecule has 0 amide bonds. The van der Waals surface area contributed by atoms with Crippen molar-refractivity contribution in [1.29, 1.82) is 0 Å². The van der Waals surface area contributed by atoms with Crippen LogP contribution in [-0.2, 0) is 0 Å². The van der Waals surface area contributed by atoms with Crippen LogP contribution >= 0.6 is 0 Å². The van der Waals surface area contributed by atoms with Crippen LogP contribution in [0, 0.1) is 0 Å². The predicted molar refractivity (Wildman–Crippen MR) is 78.1 cm³/mol. The maximum atomic E-state index is 3.38. The second kappa shape index (κ2) is 5.69. The first-order valence-corrected chi connectivity index (χ1v) is 6.22. The van der Waals surface area contributed by atoms with Gasteiger partial charge in [0.2, 0.25) is 0 Å². The highest BCUT2D eigenvalue weighted by molar-refractivity contribution is 5.49. The molecule has 0 fully saturated rings. The molecule has 2 aromatic rings. The second-order valence-electron chi connectivity index (χ2n) is 4.62. The molecule has 2 nitrogen and oxygen atoms in total. The number of anilines is 1. The van der Waals surface area contributed by atoms with Crippen molar-refractivity contribution in [3.8, 4) is 0 Å². The average Bonchev–Trinajstić information content (AvgIpc) is 2.41. The Labute approximate surface area is 109 Å². The highest BCUT2D eigenvalue weighted by atomic mass is 15.1. The fourth-order valence-corrected chi connectivity index (χ4v) is 2.15. The minimum absolute atomic E-state index is 0.242. The summed E-state index contributed by atoms with van der Waals surface area (Å²) in [5, 5.41) is 3.38. The lowest BCUT2D eigenvalue weighted by Crippen LogP contribution is -2.18. The lowest BCUT2D eigenvalue weighted by Gasteiger charge is -2.20. The van der Waals surface area contributed by atoms with Gasteiger partial charge in [0.05, 0.1) is 6.04 Å². The van der Waals surface area contributed by atoms with Crippen molar-refractivity contribution < 1.29 is 0 Å². The molecule has 18 heavy (non-hydrogen) atoms. The van der Waals surface area contributed by atoms with Crippen molar-refractivity contribution in [3.05, 3.63) is 65.7 Å². The van der Waals surface area contributed by atoms with Crippen molar-refractivity contribution in [1.82, 2.24) is 5.32 Å². The molecule has 0 aliphatic heterocycles. The first kappa shape index (κ1) is 12.7. The van der Waals surface area contributed by atoms with E-state index in [9.17, 15) is 0 Å². The Kier molecular flexibility index (Phi) is 4.00. The van der Waals surface area contributed by atoms with Crippen LogP contribution in [0.3, 0.4) is 0 Å². The minimum atomic E-state index is 0.242. The van der Waals surface area contributed by atoms with Crippen molar-refractivity contribution in [2.75, 3.05) is 26.0 Å². The van der Waals surface area contributed by atoms with E-state index in [-0.39, 0.29) is 6.04 Å². The van der Waals surface area contributed by atoms with Crippen LogP contribution in [0.2, 0.25) is 0 Å². The molecule has 0 aliphatic rings. The van der Waals surface area contributed by atoms with Gasteiger partial charge in [0, 0.05) is 19.8 Å². The van der Waals surface area contributed by atoms with Crippen molar-refractivity contribution in [2.24, 2.45) is 0 Å². The Hall–Kier alpha value is -1.80. The molecule has 94 valence electrons. The Morgan fingerprint density at radius 3 is 2.17 bits per heavy atom. The summed E-state index contributed by atoms with van der Waals surface area (Å²) >= 11 is 0. The van der Waals surface area contributed by atoms with Gasteiger partial charge in [-0.25, -0.2) is 0 Å². The Morgan fingerprint density at radius 1 is 0.889 bits per heavy atom. The van der Waals surface area contributed by atoms with E-state index in [4.69, 9.17) is 0 Å². The van der Waals surface area contributed by atoms with Crippen LogP contribution in [0.5, 0.6) is 0 Å². The zero-order chi connectivity index (χ0) is 13.0. The highest BCUT2D eigenvalue weighted by Crippen LogP contribution is 2.24. The van der Waals surface area contributed by atoms with Gasteiger partial charge in [0.15, 0.2) is 0 Å². The van der Waals surface area contributed by atoms with Gasteiger partial charge in [0.25, 0.3) is 0 Å². The second-order valence-corrected chi connectivity index (χ2v) is 4.62. The standard InChI is InChI=1S/C16H20N2/c1-17-16(13-8-5-4-6-9-13)14-10-7-11-15(12-14)18(2)3/h4-12,16-17H,1-3H3. The van der Waals surface area contributed by atoms with E-state index in [0.29, 0.717) is 0 Å². The molecular formula is C16H20N2. The minimum Gasteiger partial charge on any atom is -0.378 e. The van der Waals surface area contributed by atoms with E-state index in [2.05, 4.69) is 72.8 Å². The first-order valence-electron chi connectivity index (χ1n) is 6.22. The Morgan fingerprint density at radius 2 is 1.56 bits per heavy atom. The quantitative estimate of drug-likeness (QED) is 0.883. The molecule has 0 spiro atoms. The number of hydrogen-bond donors (Lipinski definition) is 1. The molecule has 2 rings (SSSR count). The number of rotatable bonds is 4. The van der Waals surface area contributed by atoms with Crippen LogP contribution in [0.4, 0.5) is 5.69 Å². The predicted octanol–water partition coefficient (Wildman–Crippen LogP) is 3.06. The van der Waals surface area contributed by atoms with Crippen LogP contribution < -0.4 is 10.2 Å². The Bertz CT molecular complexity index is 491. The highest BCUT2D eigenvalue weighted by Gasteiger charge is 2.11. The van der Waals surface area contributed by atoms with Crippen LogP contribution in [0.25, 0.3) is 0 Å². The smallest absolute Gasteiger partial charge is 0.0575 e. The topological polar surface area (TPSA) is 15.3 Å². The number of benzene rings is 2. The molecule has 0 heterocycles. The summed E-state index contributed by atoms with van der Waals surface area (Å²) in [6.07, 6.45) is 0. The van der Waals surface area contributed by atoms with Gasteiger partial charge in [-0.15, -0.1) is 0 Å². The van der Waals surface area contributed by atoms with Gasteiger partial charge < -0.3 is 10.2 Å². The monoisotopic (exact) mass is 240 g/mol. The molecule has 0 bridgehead atoms. The molecule has 0 aliphatic carbocycles. The maximum absolute atomic E-state index is 3.38. The van der Waals surface area contributed by atoms with E-state index in [1.165, 1.54) is 16.8 Å². The van der Waals surface area contributed by atoms with Gasteiger partial charge in [-0.05, 0) is 30.3 Å². The van der Waals surface area contributed by atoms with Gasteiger partial charge in [-0.1, -0.05) is 42.5 Å². The zero-order valence-corrected chi connectivity index (χ0v) is 11.2. The average molecular weight is 240 g/mol. The Balaban J connectivity index is 2.36. The fourth-order valence-electron chi connectivity index (χ4n) is 2.15. The normalized spacial score (nSPS) is 12.2. The molecule has 0 saturated heterocycles. The molecule has 0 saturated carbocycles. The summed E-state index contributed by atoms with van der Waals surface area (Å²) in [5.74, 6) is 0. The summed E-state index contributed by atoms with van der Waals surface area (Å²) in [6, 6.07) is 19.4. The van der Waals surface area contributed by atoms with E-state index in [1.807, 2.05) is 13.1 Å². The number of hydrogen-bond acceptors (Lipinski definition) is 2. The summed E-state index contributed by atoms with van der Waals surface area (Å²) in [7, 11) is 6.13. The van der Waals surface area contributed by atoms with Gasteiger partial charge in [0.1, 0.15) is 0 Å². The molecule has 2 aromatic carbocycles. The lowest BCUT2D eigenvalue weighted by molar-refractivity contribution is 0.692. The van der Waals surface area contributed by atoms with E-state index >= 15 is 0 Å². The number of nitrogens with zero attached hydrogens (tertiary/aromatic N) is 1. The molecule has 1 N–H and O–H groups in total. The molecular weight excluding hydrogens is 220 g/mol. The molecule has 1 atom stereocenters. The molecule has 0 aromatic heterocycles. The first-order chi connectivity index (χ1) is 8.72. The van der Waals surface area contributed by atoms with Crippen molar-refractivity contribution in [3.63, 3.8) is 0 Å². The molecule has 1 unspecified atom stereocenters. The van der Waals surface area contributed by atoms with Gasteiger partial charge >= 0.3 is 0 Å². The summed E-state index contributed by atoms with van der Waals surface area (Å²) in [6.45, 7) is 0. The third-order valence-electron chi connectivity index (χ3n) is 3.14. The maximum Gasteiger partial charge on any atom is 0.0575 e.